The van der Waals surface area contributed by atoms with Crippen molar-refractivity contribution < 1.29 is 14.6 Å². The van der Waals surface area contributed by atoms with E-state index in [2.05, 4.69) is 47.9 Å². The molecular weight excluding hydrogens is 388 g/mol. The monoisotopic (exact) mass is 414 g/mol. The first kappa shape index (κ1) is 20.7. The van der Waals surface area contributed by atoms with E-state index in [0.717, 1.165) is 46.7 Å². The van der Waals surface area contributed by atoms with Crippen LogP contribution in [-0.2, 0) is 4.79 Å². The molecule has 1 aromatic heterocycles. The molecule has 0 aliphatic heterocycles. The van der Waals surface area contributed by atoms with Crippen LogP contribution in [0.3, 0.4) is 0 Å². The molecule has 5 heteroatoms. The molecule has 31 heavy (non-hydrogen) atoms. The molecule has 0 amide bonds. The van der Waals surface area contributed by atoms with Crippen LogP contribution in [0.1, 0.15) is 31.2 Å². The van der Waals surface area contributed by atoms with E-state index in [1.807, 2.05) is 36.4 Å². The topological polar surface area (TPSA) is 64.4 Å². The number of ether oxygens (including phenoxy) is 1. The number of aliphatic carboxylic acids is 1. The van der Waals surface area contributed by atoms with E-state index >= 15 is 0 Å². The van der Waals surface area contributed by atoms with Gasteiger partial charge in [0.25, 0.3) is 0 Å². The lowest BCUT2D eigenvalue weighted by Crippen LogP contribution is -2.00. The first-order valence-corrected chi connectivity index (χ1v) is 10.6. The minimum Gasteiger partial charge on any atom is -0.494 e. The fraction of sp³-hybridized carbons (Fsp3) is 0.231. The number of carbonyl (C=O) groups is 1. The van der Waals surface area contributed by atoms with E-state index in [1.54, 1.807) is 0 Å². The summed E-state index contributed by atoms with van der Waals surface area (Å²) in [5, 5.41) is 8.73. The molecule has 1 N–H and O–H groups in total. The van der Waals surface area contributed by atoms with Crippen molar-refractivity contribution in [2.45, 2.75) is 32.6 Å². The second kappa shape index (κ2) is 9.47. The van der Waals surface area contributed by atoms with Gasteiger partial charge in [0.15, 0.2) is 0 Å². The van der Waals surface area contributed by atoms with Gasteiger partial charge < -0.3 is 9.84 Å². The zero-order chi connectivity index (χ0) is 21.6. The van der Waals surface area contributed by atoms with Gasteiger partial charge in [-0.3, -0.25) is 9.36 Å². The Bertz CT molecular complexity index is 1160. The van der Waals surface area contributed by atoms with Gasteiger partial charge in [0, 0.05) is 23.7 Å². The molecule has 3 aromatic carbocycles. The van der Waals surface area contributed by atoms with Gasteiger partial charge in [-0.05, 0) is 50.5 Å². The molecule has 0 unspecified atom stereocenters. The Hall–Kier alpha value is -3.60. The predicted octanol–water partition coefficient (Wildman–Crippen LogP) is 6.02. The highest BCUT2D eigenvalue weighted by molar-refractivity contribution is 5.84. The van der Waals surface area contributed by atoms with Crippen LogP contribution in [0.25, 0.3) is 28.1 Å². The number of carboxylic acids is 1. The molecule has 0 aliphatic rings. The second-order valence-corrected chi connectivity index (χ2v) is 7.68. The molecule has 0 saturated carbocycles. The zero-order valence-corrected chi connectivity index (χ0v) is 17.6. The number of fused-ring (bicyclic) bond motifs is 1. The van der Waals surface area contributed by atoms with Gasteiger partial charge >= 0.3 is 5.97 Å². The standard InChI is InChI=1S/C26H26N2O3/c1-19-11-13-21(14-12-19)28-24-18-22(31-17-7-3-6-10-25(29)30)15-16-23(24)27-26(28)20-8-4-2-5-9-20/h2,4-5,8-9,11-16,18H,3,6-7,10,17H2,1H3,(H,29,30). The van der Waals surface area contributed by atoms with Crippen molar-refractivity contribution in [3.8, 4) is 22.8 Å². The van der Waals surface area contributed by atoms with E-state index in [1.165, 1.54) is 5.56 Å². The van der Waals surface area contributed by atoms with Crippen molar-refractivity contribution in [3.05, 3.63) is 78.4 Å². The van der Waals surface area contributed by atoms with Crippen LogP contribution in [0, 0.1) is 6.92 Å². The maximum absolute atomic E-state index is 10.6. The summed E-state index contributed by atoms with van der Waals surface area (Å²) in [6, 6.07) is 24.6. The first-order chi connectivity index (χ1) is 15.1. The highest BCUT2D eigenvalue weighted by Crippen LogP contribution is 2.31. The van der Waals surface area contributed by atoms with Gasteiger partial charge in [-0.15, -0.1) is 0 Å². The van der Waals surface area contributed by atoms with E-state index in [4.69, 9.17) is 14.8 Å². The van der Waals surface area contributed by atoms with Crippen LogP contribution in [0.15, 0.2) is 72.8 Å². The number of carboxylic acid groups (broad SMARTS) is 1. The van der Waals surface area contributed by atoms with Gasteiger partial charge in [-0.2, -0.15) is 0 Å². The SMILES string of the molecule is Cc1ccc(-n2c(-c3ccccc3)nc3ccc(OCCCCCC(=O)O)cc32)cc1. The summed E-state index contributed by atoms with van der Waals surface area (Å²) in [6.45, 7) is 2.64. The third kappa shape index (κ3) is 4.94. The molecule has 158 valence electrons. The summed E-state index contributed by atoms with van der Waals surface area (Å²) in [4.78, 5) is 15.5. The van der Waals surface area contributed by atoms with Gasteiger partial charge in [0.05, 0.1) is 17.6 Å². The Balaban J connectivity index is 1.63. The molecule has 0 spiro atoms. The molecule has 1 heterocycles. The fourth-order valence-electron chi connectivity index (χ4n) is 3.63. The Morgan fingerprint density at radius 1 is 0.968 bits per heavy atom. The van der Waals surface area contributed by atoms with Crippen molar-refractivity contribution in [1.29, 1.82) is 0 Å². The summed E-state index contributed by atoms with van der Waals surface area (Å²) in [7, 11) is 0. The lowest BCUT2D eigenvalue weighted by atomic mass is 10.2. The third-order valence-corrected chi connectivity index (χ3v) is 5.25. The molecule has 0 fully saturated rings. The van der Waals surface area contributed by atoms with Crippen molar-refractivity contribution >= 4 is 17.0 Å². The van der Waals surface area contributed by atoms with Gasteiger partial charge in [0.2, 0.25) is 0 Å². The van der Waals surface area contributed by atoms with Crippen molar-refractivity contribution in [3.63, 3.8) is 0 Å². The second-order valence-electron chi connectivity index (χ2n) is 7.68. The van der Waals surface area contributed by atoms with Crippen LogP contribution in [0.2, 0.25) is 0 Å². The predicted molar refractivity (Wildman–Crippen MR) is 123 cm³/mol. The number of rotatable bonds is 9. The minimum atomic E-state index is -0.745. The van der Waals surface area contributed by atoms with Gasteiger partial charge in [-0.25, -0.2) is 4.98 Å². The zero-order valence-electron chi connectivity index (χ0n) is 17.6. The minimum absolute atomic E-state index is 0.212. The van der Waals surface area contributed by atoms with Crippen LogP contribution < -0.4 is 4.74 Å². The molecule has 0 bridgehead atoms. The molecule has 0 aliphatic carbocycles. The summed E-state index contributed by atoms with van der Waals surface area (Å²) in [6.07, 6.45) is 2.56. The number of benzene rings is 3. The number of aromatic nitrogens is 2. The lowest BCUT2D eigenvalue weighted by Gasteiger charge is -2.11. The van der Waals surface area contributed by atoms with Crippen molar-refractivity contribution in [2.75, 3.05) is 6.61 Å². The summed E-state index contributed by atoms with van der Waals surface area (Å²) < 4.78 is 8.13. The fourth-order valence-corrected chi connectivity index (χ4v) is 3.63. The van der Waals surface area contributed by atoms with Gasteiger partial charge in [-0.1, -0.05) is 48.0 Å². The van der Waals surface area contributed by atoms with Crippen LogP contribution in [0.4, 0.5) is 0 Å². The summed E-state index contributed by atoms with van der Waals surface area (Å²) in [5.41, 5.74) is 5.22. The Morgan fingerprint density at radius 2 is 1.74 bits per heavy atom. The third-order valence-electron chi connectivity index (χ3n) is 5.25. The smallest absolute Gasteiger partial charge is 0.303 e. The highest BCUT2D eigenvalue weighted by atomic mass is 16.5. The van der Waals surface area contributed by atoms with Gasteiger partial charge in [0.1, 0.15) is 11.6 Å². The van der Waals surface area contributed by atoms with Crippen molar-refractivity contribution in [1.82, 2.24) is 9.55 Å². The maximum atomic E-state index is 10.6. The van der Waals surface area contributed by atoms with E-state index in [9.17, 15) is 4.79 Å². The maximum Gasteiger partial charge on any atom is 0.303 e. The molecule has 0 saturated heterocycles. The molecule has 4 rings (SSSR count). The van der Waals surface area contributed by atoms with Crippen LogP contribution in [0.5, 0.6) is 5.75 Å². The number of hydrogen-bond acceptors (Lipinski definition) is 3. The number of imidazole rings is 1. The number of hydrogen-bond donors (Lipinski definition) is 1. The molecule has 5 nitrogen and oxygen atoms in total. The molecule has 0 radical (unpaired) electrons. The number of nitrogens with zero attached hydrogens (tertiary/aromatic N) is 2. The van der Waals surface area contributed by atoms with Crippen molar-refractivity contribution in [2.24, 2.45) is 0 Å². The quantitative estimate of drug-likeness (QED) is 0.340. The number of aryl methyl sites for hydroxylation is 1. The average molecular weight is 415 g/mol. The van der Waals surface area contributed by atoms with E-state index < -0.39 is 5.97 Å². The highest BCUT2D eigenvalue weighted by Gasteiger charge is 2.15. The summed E-state index contributed by atoms with van der Waals surface area (Å²) >= 11 is 0. The molecular formula is C26H26N2O3. The Kier molecular flexibility index (Phi) is 6.32. The Labute approximate surface area is 181 Å². The lowest BCUT2D eigenvalue weighted by molar-refractivity contribution is -0.137. The summed E-state index contributed by atoms with van der Waals surface area (Å²) in [5.74, 6) is 0.939. The normalized spacial score (nSPS) is 11.0. The average Bonchev–Trinajstić information content (AvgIpc) is 3.16. The van der Waals surface area contributed by atoms with E-state index in [0.29, 0.717) is 13.0 Å². The molecule has 0 atom stereocenters. The number of unbranched alkanes of at least 4 members (excludes halogenated alkanes) is 2. The Morgan fingerprint density at radius 3 is 2.48 bits per heavy atom. The van der Waals surface area contributed by atoms with Crippen LogP contribution in [-0.4, -0.2) is 27.2 Å². The van der Waals surface area contributed by atoms with E-state index in [-0.39, 0.29) is 6.42 Å². The first-order valence-electron chi connectivity index (χ1n) is 10.6. The largest absolute Gasteiger partial charge is 0.494 e. The van der Waals surface area contributed by atoms with Crippen LogP contribution >= 0.6 is 0 Å². The molecule has 4 aromatic rings.